The smallest absolute Gasteiger partial charge is 0.127 e. The zero-order valence-corrected chi connectivity index (χ0v) is 10.3. The number of hydrogen-bond acceptors (Lipinski definition) is 1. The third-order valence-electron chi connectivity index (χ3n) is 3.19. The highest BCUT2D eigenvalue weighted by molar-refractivity contribution is 9.10. The first kappa shape index (κ1) is 11.1. The molecule has 0 bridgehead atoms. The normalized spacial score (nSPS) is 26.4. The maximum Gasteiger partial charge on any atom is 0.127 e. The SMILES string of the molecule is CC1CC1C(N)Cc1ccc(Br)cc1F. The highest BCUT2D eigenvalue weighted by atomic mass is 79.9. The van der Waals surface area contributed by atoms with E-state index in [0.29, 0.717) is 12.3 Å². The summed E-state index contributed by atoms with van der Waals surface area (Å²) in [4.78, 5) is 0. The van der Waals surface area contributed by atoms with Crippen molar-refractivity contribution >= 4 is 15.9 Å². The van der Waals surface area contributed by atoms with Gasteiger partial charge in [-0.3, -0.25) is 0 Å². The Kier molecular flexibility index (Phi) is 3.12. The van der Waals surface area contributed by atoms with Crippen molar-refractivity contribution in [2.24, 2.45) is 17.6 Å². The minimum atomic E-state index is -0.159. The summed E-state index contributed by atoms with van der Waals surface area (Å²) in [7, 11) is 0. The lowest BCUT2D eigenvalue weighted by atomic mass is 10.0. The average molecular weight is 272 g/mol. The van der Waals surface area contributed by atoms with E-state index in [1.54, 1.807) is 0 Å². The predicted octanol–water partition coefficient (Wildman–Crippen LogP) is 3.11. The van der Waals surface area contributed by atoms with Crippen LogP contribution in [0.25, 0.3) is 0 Å². The molecule has 1 fully saturated rings. The van der Waals surface area contributed by atoms with Gasteiger partial charge in [0.1, 0.15) is 5.82 Å². The van der Waals surface area contributed by atoms with Crippen molar-refractivity contribution in [2.75, 3.05) is 0 Å². The molecule has 3 heteroatoms. The zero-order chi connectivity index (χ0) is 11.0. The van der Waals surface area contributed by atoms with E-state index in [0.717, 1.165) is 16.0 Å². The Morgan fingerprint density at radius 2 is 2.27 bits per heavy atom. The molecule has 0 aliphatic heterocycles. The van der Waals surface area contributed by atoms with E-state index in [1.165, 1.54) is 12.5 Å². The summed E-state index contributed by atoms with van der Waals surface area (Å²) >= 11 is 3.24. The Balaban J connectivity index is 2.04. The van der Waals surface area contributed by atoms with Gasteiger partial charge in [-0.1, -0.05) is 28.9 Å². The van der Waals surface area contributed by atoms with Crippen LogP contribution in [0.3, 0.4) is 0 Å². The van der Waals surface area contributed by atoms with Gasteiger partial charge in [0.2, 0.25) is 0 Å². The van der Waals surface area contributed by atoms with Crippen molar-refractivity contribution in [1.29, 1.82) is 0 Å². The van der Waals surface area contributed by atoms with Gasteiger partial charge in [0.05, 0.1) is 0 Å². The molecule has 1 aliphatic carbocycles. The first-order valence-electron chi connectivity index (χ1n) is 5.27. The first-order valence-corrected chi connectivity index (χ1v) is 6.06. The summed E-state index contributed by atoms with van der Waals surface area (Å²) in [5.41, 5.74) is 6.76. The minimum Gasteiger partial charge on any atom is -0.327 e. The van der Waals surface area contributed by atoms with Crippen LogP contribution in [0.1, 0.15) is 18.9 Å². The Hall–Kier alpha value is -0.410. The molecular formula is C12H15BrFN. The molecule has 82 valence electrons. The van der Waals surface area contributed by atoms with E-state index in [2.05, 4.69) is 22.9 Å². The topological polar surface area (TPSA) is 26.0 Å². The zero-order valence-electron chi connectivity index (χ0n) is 8.71. The van der Waals surface area contributed by atoms with Crippen LogP contribution in [0.2, 0.25) is 0 Å². The summed E-state index contributed by atoms with van der Waals surface area (Å²) in [6.45, 7) is 2.20. The molecule has 3 atom stereocenters. The lowest BCUT2D eigenvalue weighted by molar-refractivity contribution is 0.535. The highest BCUT2D eigenvalue weighted by Crippen LogP contribution is 2.40. The number of nitrogens with two attached hydrogens (primary N) is 1. The summed E-state index contributed by atoms with van der Waals surface area (Å²) in [5, 5.41) is 0. The predicted molar refractivity (Wildman–Crippen MR) is 63.1 cm³/mol. The maximum absolute atomic E-state index is 13.5. The Morgan fingerprint density at radius 3 is 2.80 bits per heavy atom. The van der Waals surface area contributed by atoms with Gasteiger partial charge < -0.3 is 5.73 Å². The number of hydrogen-bond donors (Lipinski definition) is 1. The third kappa shape index (κ3) is 2.58. The van der Waals surface area contributed by atoms with E-state index in [9.17, 15) is 4.39 Å². The second-order valence-electron chi connectivity index (χ2n) is 4.48. The fourth-order valence-electron chi connectivity index (χ4n) is 2.04. The molecule has 3 unspecified atom stereocenters. The molecule has 1 aliphatic rings. The highest BCUT2D eigenvalue weighted by Gasteiger charge is 2.37. The van der Waals surface area contributed by atoms with Gasteiger partial charge in [-0.05, 0) is 42.4 Å². The molecule has 15 heavy (non-hydrogen) atoms. The van der Waals surface area contributed by atoms with E-state index >= 15 is 0 Å². The third-order valence-corrected chi connectivity index (χ3v) is 3.69. The van der Waals surface area contributed by atoms with E-state index in [1.807, 2.05) is 12.1 Å². The molecule has 1 aromatic carbocycles. The van der Waals surface area contributed by atoms with Crippen LogP contribution in [0, 0.1) is 17.7 Å². The molecule has 0 spiro atoms. The van der Waals surface area contributed by atoms with Gasteiger partial charge in [-0.25, -0.2) is 4.39 Å². The summed E-state index contributed by atoms with van der Waals surface area (Å²) in [6, 6.07) is 5.28. The molecule has 0 aromatic heterocycles. The Bertz CT molecular complexity index is 367. The average Bonchev–Trinajstić information content (AvgIpc) is 2.88. The molecule has 1 nitrogen and oxygen atoms in total. The van der Waals surface area contributed by atoms with Gasteiger partial charge in [0.15, 0.2) is 0 Å². The number of benzene rings is 1. The van der Waals surface area contributed by atoms with Crippen molar-refractivity contribution in [1.82, 2.24) is 0 Å². The van der Waals surface area contributed by atoms with Crippen LogP contribution in [-0.4, -0.2) is 6.04 Å². The summed E-state index contributed by atoms with van der Waals surface area (Å²) in [5.74, 6) is 1.15. The molecule has 0 radical (unpaired) electrons. The van der Waals surface area contributed by atoms with Gasteiger partial charge in [-0.15, -0.1) is 0 Å². The van der Waals surface area contributed by atoms with E-state index in [-0.39, 0.29) is 11.9 Å². The van der Waals surface area contributed by atoms with E-state index in [4.69, 9.17) is 5.73 Å². The van der Waals surface area contributed by atoms with Crippen LogP contribution in [0.15, 0.2) is 22.7 Å². The van der Waals surface area contributed by atoms with Gasteiger partial charge in [-0.2, -0.15) is 0 Å². The summed E-state index contributed by atoms with van der Waals surface area (Å²) < 4.78 is 14.3. The number of halogens is 2. The second-order valence-corrected chi connectivity index (χ2v) is 5.40. The van der Waals surface area contributed by atoms with E-state index < -0.39 is 0 Å². The first-order chi connectivity index (χ1) is 7.08. The Morgan fingerprint density at radius 1 is 1.60 bits per heavy atom. The quantitative estimate of drug-likeness (QED) is 0.898. The lowest BCUT2D eigenvalue weighted by Gasteiger charge is -2.11. The molecule has 2 rings (SSSR count). The Labute approximate surface area is 98.0 Å². The maximum atomic E-state index is 13.5. The molecule has 0 heterocycles. The molecule has 1 saturated carbocycles. The van der Waals surface area contributed by atoms with Crippen LogP contribution >= 0.6 is 15.9 Å². The molecule has 0 amide bonds. The van der Waals surface area contributed by atoms with Crippen molar-refractivity contribution < 1.29 is 4.39 Å². The summed E-state index contributed by atoms with van der Waals surface area (Å²) in [6.07, 6.45) is 1.84. The van der Waals surface area contributed by atoms with Crippen LogP contribution in [-0.2, 0) is 6.42 Å². The molecular weight excluding hydrogens is 257 g/mol. The van der Waals surface area contributed by atoms with Gasteiger partial charge >= 0.3 is 0 Å². The lowest BCUT2D eigenvalue weighted by Crippen LogP contribution is -2.26. The second kappa shape index (κ2) is 4.22. The van der Waals surface area contributed by atoms with Crippen molar-refractivity contribution in [2.45, 2.75) is 25.8 Å². The van der Waals surface area contributed by atoms with Crippen LogP contribution in [0.4, 0.5) is 4.39 Å². The fourth-order valence-corrected chi connectivity index (χ4v) is 2.37. The largest absolute Gasteiger partial charge is 0.327 e. The van der Waals surface area contributed by atoms with Crippen molar-refractivity contribution in [3.8, 4) is 0 Å². The van der Waals surface area contributed by atoms with Gasteiger partial charge in [0.25, 0.3) is 0 Å². The fraction of sp³-hybridized carbons (Fsp3) is 0.500. The molecule has 0 saturated heterocycles. The standard InChI is InChI=1S/C12H15BrFN/c1-7-4-10(7)12(15)5-8-2-3-9(13)6-11(8)14/h2-3,6-7,10,12H,4-5,15H2,1H3. The monoisotopic (exact) mass is 271 g/mol. The minimum absolute atomic E-state index is 0.107. The van der Waals surface area contributed by atoms with Crippen molar-refractivity contribution in [3.63, 3.8) is 0 Å². The van der Waals surface area contributed by atoms with Crippen molar-refractivity contribution in [3.05, 3.63) is 34.1 Å². The molecule has 1 aromatic rings. The van der Waals surface area contributed by atoms with Gasteiger partial charge in [0, 0.05) is 10.5 Å². The number of rotatable bonds is 3. The van der Waals surface area contributed by atoms with Crippen LogP contribution < -0.4 is 5.73 Å². The molecule has 2 N–H and O–H groups in total. The van der Waals surface area contributed by atoms with Crippen LogP contribution in [0.5, 0.6) is 0 Å².